The van der Waals surface area contributed by atoms with Crippen LogP contribution in [0.25, 0.3) is 0 Å². The van der Waals surface area contributed by atoms with E-state index >= 15 is 0 Å². The summed E-state index contributed by atoms with van der Waals surface area (Å²) in [6, 6.07) is 5.63. The monoisotopic (exact) mass is 486 g/mol. The van der Waals surface area contributed by atoms with E-state index in [1.807, 2.05) is 0 Å². The van der Waals surface area contributed by atoms with Crippen LogP contribution in [-0.4, -0.2) is 34.5 Å². The maximum Gasteiger partial charge on any atom is 0.442 e. The molecule has 0 radical (unpaired) electrons. The Morgan fingerprint density at radius 2 is 1.00 bits per heavy atom. The third-order valence-electron chi connectivity index (χ3n) is 5.53. The highest BCUT2D eigenvalue weighted by atomic mass is 19.4. The zero-order chi connectivity index (χ0) is 25.1. The van der Waals surface area contributed by atoms with Crippen LogP contribution in [0, 0.1) is 0 Å². The molecule has 14 heteroatoms. The van der Waals surface area contributed by atoms with Gasteiger partial charge in [-0.15, -0.1) is 20.5 Å². The number of hydrogen-bond donors (Lipinski definition) is 2. The summed E-state index contributed by atoms with van der Waals surface area (Å²) in [6.07, 6.45) is -10.3. The van der Waals surface area contributed by atoms with Crippen LogP contribution in [0.2, 0.25) is 0 Å². The van der Waals surface area contributed by atoms with Gasteiger partial charge in [0.05, 0.1) is 11.1 Å². The molecule has 34 heavy (non-hydrogen) atoms. The van der Waals surface area contributed by atoms with Crippen molar-refractivity contribution in [3.05, 3.63) is 69.8 Å². The van der Waals surface area contributed by atoms with Gasteiger partial charge in [0.1, 0.15) is 0 Å². The lowest BCUT2D eigenvalue weighted by atomic mass is 9.90. The van der Waals surface area contributed by atoms with Crippen LogP contribution in [0.15, 0.2) is 56.9 Å². The van der Waals surface area contributed by atoms with E-state index in [4.69, 9.17) is 0 Å². The molecule has 2 heterocycles. The molecule has 0 unspecified atom stereocenters. The van der Waals surface area contributed by atoms with Crippen LogP contribution in [0.1, 0.15) is 43.0 Å². The average molecular weight is 486 g/mol. The Morgan fingerprint density at radius 1 is 0.676 bits per heavy atom. The van der Waals surface area contributed by atoms with Crippen molar-refractivity contribution in [2.45, 2.75) is 36.5 Å². The van der Waals surface area contributed by atoms with Crippen molar-refractivity contribution in [3.8, 4) is 0 Å². The lowest BCUT2D eigenvalue weighted by molar-refractivity contribution is -0.166. The number of nitrogens with zero attached hydrogens (tertiary/aromatic N) is 4. The summed E-state index contributed by atoms with van der Waals surface area (Å²) in [7, 11) is 0. The summed E-state index contributed by atoms with van der Waals surface area (Å²) in [5, 5.41) is 31.1. The summed E-state index contributed by atoms with van der Waals surface area (Å²) >= 11 is 0. The molecule has 0 saturated carbocycles. The van der Waals surface area contributed by atoms with Gasteiger partial charge in [0.25, 0.3) is 0 Å². The molecule has 0 aromatic heterocycles. The average Bonchev–Trinajstić information content (AvgIpc) is 3.63. The zero-order valence-electron chi connectivity index (χ0n) is 16.6. The lowest BCUT2D eigenvalue weighted by Crippen LogP contribution is -2.30. The van der Waals surface area contributed by atoms with Gasteiger partial charge >= 0.3 is 35.6 Å². The van der Waals surface area contributed by atoms with Crippen LogP contribution in [0.3, 0.4) is 0 Å². The van der Waals surface area contributed by atoms with E-state index in [0.717, 1.165) is 36.4 Å². The highest BCUT2D eigenvalue weighted by Crippen LogP contribution is 2.53. The summed E-state index contributed by atoms with van der Waals surface area (Å²) < 4.78 is 80.1. The van der Waals surface area contributed by atoms with Gasteiger partial charge in [0.15, 0.2) is 0 Å². The molecule has 178 valence electrons. The first-order chi connectivity index (χ1) is 15.7. The molecule has 8 nitrogen and oxygen atoms in total. The molecule has 2 aromatic carbocycles. The number of carboxylic acid groups (broad SMARTS) is 2. The van der Waals surface area contributed by atoms with Crippen molar-refractivity contribution in [1.29, 1.82) is 0 Å². The topological polar surface area (TPSA) is 124 Å². The lowest BCUT2D eigenvalue weighted by Gasteiger charge is -2.18. The smallest absolute Gasteiger partial charge is 0.442 e. The molecule has 0 fully saturated rings. The predicted molar refractivity (Wildman–Crippen MR) is 99.4 cm³/mol. The predicted octanol–water partition coefficient (Wildman–Crippen LogP) is 5.23. The fourth-order valence-corrected chi connectivity index (χ4v) is 3.61. The normalized spacial score (nSPS) is 17.5. The number of hydrogen-bond acceptors (Lipinski definition) is 6. The molecule has 0 amide bonds. The van der Waals surface area contributed by atoms with Crippen LogP contribution in [0.5, 0.6) is 0 Å². The minimum absolute atomic E-state index is 0.0981. The summed E-state index contributed by atoms with van der Waals surface area (Å²) in [5.74, 6) is -2.91. The summed E-state index contributed by atoms with van der Waals surface area (Å²) in [6.45, 7) is 0. The van der Waals surface area contributed by atoms with Crippen LogP contribution >= 0.6 is 0 Å². The first kappa shape index (κ1) is 23.3. The van der Waals surface area contributed by atoms with Crippen molar-refractivity contribution >= 4 is 11.9 Å². The second-order valence-corrected chi connectivity index (χ2v) is 7.59. The zero-order valence-corrected chi connectivity index (χ0v) is 16.6. The van der Waals surface area contributed by atoms with Gasteiger partial charge in [0, 0.05) is 11.1 Å². The molecule has 0 spiro atoms. The Balaban J connectivity index is 1.69. The highest BCUT2D eigenvalue weighted by Gasteiger charge is 2.66. The first-order valence-electron chi connectivity index (χ1n) is 9.47. The van der Waals surface area contributed by atoms with E-state index in [-0.39, 0.29) is 35.1 Å². The maximum absolute atomic E-state index is 13.3. The molecule has 0 bridgehead atoms. The standard InChI is InChI=1S/C20H12F6N4O4/c21-19(22,23)17(27-28-17)11-3-5-13(15(31)32)9(7-11)1-2-10-8-12(4-6-14(10)16(33)34)18(29-30-18)20(24,25)26/h3-8H,1-2H2,(H,31,32)(H,33,34). The first-order valence-corrected chi connectivity index (χ1v) is 9.47. The maximum atomic E-state index is 13.3. The molecule has 2 N–H and O–H groups in total. The number of rotatable bonds is 7. The Bertz CT molecular complexity index is 1160. The van der Waals surface area contributed by atoms with Crippen molar-refractivity contribution < 1.29 is 46.1 Å². The van der Waals surface area contributed by atoms with Gasteiger partial charge < -0.3 is 10.2 Å². The number of carboxylic acids is 2. The van der Waals surface area contributed by atoms with Gasteiger partial charge in [-0.05, 0) is 36.1 Å². The van der Waals surface area contributed by atoms with E-state index in [0.29, 0.717) is 0 Å². The van der Waals surface area contributed by atoms with Crippen LogP contribution in [-0.2, 0) is 24.2 Å². The second kappa shape index (κ2) is 7.33. The van der Waals surface area contributed by atoms with Gasteiger partial charge in [-0.2, -0.15) is 26.3 Å². The van der Waals surface area contributed by atoms with E-state index in [1.54, 1.807) is 0 Å². The Labute approximate surface area is 185 Å². The number of carbonyl (C=O) groups is 2. The Hall–Kier alpha value is -3.84. The van der Waals surface area contributed by atoms with Crippen LogP contribution < -0.4 is 0 Å². The highest BCUT2D eigenvalue weighted by molar-refractivity contribution is 5.90. The second-order valence-electron chi connectivity index (χ2n) is 7.59. The number of aryl methyl sites for hydroxylation is 2. The summed E-state index contributed by atoms with van der Waals surface area (Å²) in [4.78, 5) is 23.1. The number of alkyl halides is 6. The molecule has 2 aliphatic rings. The molecule has 2 aromatic rings. The van der Waals surface area contributed by atoms with Gasteiger partial charge in [-0.3, -0.25) is 0 Å². The number of aromatic carboxylic acids is 2. The Kier molecular flexibility index (Phi) is 5.03. The molecule has 0 atom stereocenters. The van der Waals surface area contributed by atoms with Gasteiger partial charge in [0.2, 0.25) is 0 Å². The third kappa shape index (κ3) is 3.68. The molecular weight excluding hydrogens is 474 g/mol. The van der Waals surface area contributed by atoms with E-state index < -0.39 is 46.7 Å². The molecule has 0 saturated heterocycles. The fraction of sp³-hybridized carbons (Fsp3) is 0.300. The van der Waals surface area contributed by atoms with E-state index in [2.05, 4.69) is 20.5 Å². The van der Waals surface area contributed by atoms with Crippen LogP contribution in [0.4, 0.5) is 26.3 Å². The largest absolute Gasteiger partial charge is 0.478 e. The van der Waals surface area contributed by atoms with E-state index in [9.17, 15) is 46.1 Å². The Morgan fingerprint density at radius 3 is 1.24 bits per heavy atom. The number of benzene rings is 2. The quantitative estimate of drug-likeness (QED) is 0.520. The third-order valence-corrected chi connectivity index (χ3v) is 5.53. The minimum atomic E-state index is -4.86. The SMILES string of the molecule is O=C(O)c1ccc(C2(C(F)(F)F)N=N2)cc1CCc1cc(C2(C(F)(F)F)N=N2)ccc1C(=O)O. The van der Waals surface area contributed by atoms with Crippen molar-refractivity contribution in [2.24, 2.45) is 20.5 Å². The fourth-order valence-electron chi connectivity index (χ4n) is 3.61. The minimum Gasteiger partial charge on any atom is -0.478 e. The number of halogens is 6. The van der Waals surface area contributed by atoms with Gasteiger partial charge in [-0.1, -0.05) is 24.3 Å². The van der Waals surface area contributed by atoms with Crippen molar-refractivity contribution in [2.75, 3.05) is 0 Å². The summed E-state index contributed by atoms with van der Waals surface area (Å²) in [5.41, 5.74) is -7.38. The molecule has 0 aliphatic carbocycles. The van der Waals surface area contributed by atoms with Crippen molar-refractivity contribution in [1.82, 2.24) is 0 Å². The van der Waals surface area contributed by atoms with E-state index in [1.165, 1.54) is 0 Å². The molecule has 4 rings (SSSR count). The molecular formula is C20H12F6N4O4. The van der Waals surface area contributed by atoms with Crippen molar-refractivity contribution in [3.63, 3.8) is 0 Å². The molecule has 2 aliphatic heterocycles. The van der Waals surface area contributed by atoms with Gasteiger partial charge in [-0.25, -0.2) is 9.59 Å².